The number of azo groups is 1. The van der Waals surface area contributed by atoms with Crippen LogP contribution in [0.3, 0.4) is 0 Å². The first-order valence-corrected chi connectivity index (χ1v) is 9.22. The summed E-state index contributed by atoms with van der Waals surface area (Å²) in [6.07, 6.45) is 0. The second kappa shape index (κ2) is 7.94. The summed E-state index contributed by atoms with van der Waals surface area (Å²) in [6.45, 7) is 0.308. The molecule has 29 heavy (non-hydrogen) atoms. The number of aliphatic hydroxyl groups excluding tert-OH is 1. The summed E-state index contributed by atoms with van der Waals surface area (Å²) >= 11 is 0. The smallest absolute Gasteiger partial charge is 0.238 e. The van der Waals surface area contributed by atoms with Gasteiger partial charge in [0.1, 0.15) is 17.5 Å². The number of amides is 1. The third-order valence-electron chi connectivity index (χ3n) is 4.88. The van der Waals surface area contributed by atoms with E-state index in [0.29, 0.717) is 34.8 Å². The molecule has 2 aliphatic rings. The van der Waals surface area contributed by atoms with Gasteiger partial charge >= 0.3 is 0 Å². The average molecular weight is 392 g/mol. The van der Waals surface area contributed by atoms with Crippen molar-refractivity contribution >= 4 is 23.1 Å². The van der Waals surface area contributed by atoms with E-state index in [0.717, 1.165) is 11.1 Å². The predicted octanol–water partition coefficient (Wildman–Crippen LogP) is 2.33. The fourth-order valence-corrected chi connectivity index (χ4v) is 3.53. The van der Waals surface area contributed by atoms with Gasteiger partial charge in [-0.25, -0.2) is 0 Å². The van der Waals surface area contributed by atoms with Gasteiger partial charge in [0, 0.05) is 12.1 Å². The van der Waals surface area contributed by atoms with Crippen molar-refractivity contribution in [2.24, 2.45) is 10.2 Å². The third-order valence-corrected chi connectivity index (χ3v) is 4.88. The lowest BCUT2D eigenvalue weighted by Crippen LogP contribution is -2.30. The molecule has 0 aromatic heterocycles. The number of hydrogen-bond donors (Lipinski definition) is 3. The number of ether oxygens (including phenoxy) is 1. The molecule has 2 aromatic carbocycles. The maximum Gasteiger partial charge on any atom is 0.238 e. The highest BCUT2D eigenvalue weighted by Gasteiger charge is 2.42. The molecular formula is C21H20N4O4. The maximum absolute atomic E-state index is 13.2. The minimum Gasteiger partial charge on any atom is -0.497 e. The Bertz CT molecular complexity index is 1030. The Morgan fingerprint density at radius 3 is 2.72 bits per heavy atom. The summed E-state index contributed by atoms with van der Waals surface area (Å²) in [4.78, 5) is 25.4. The molecule has 1 atom stereocenters. The molecule has 0 bridgehead atoms. The fourth-order valence-electron chi connectivity index (χ4n) is 3.53. The van der Waals surface area contributed by atoms with Gasteiger partial charge in [-0.05, 0) is 35.9 Å². The van der Waals surface area contributed by atoms with Gasteiger partial charge in [-0.3, -0.25) is 9.59 Å². The van der Waals surface area contributed by atoms with Crippen LogP contribution in [-0.2, 0) is 4.79 Å². The second-order valence-corrected chi connectivity index (χ2v) is 6.66. The Morgan fingerprint density at radius 1 is 1.21 bits per heavy atom. The largest absolute Gasteiger partial charge is 0.497 e. The number of ketones is 1. The molecule has 1 amide bonds. The monoisotopic (exact) mass is 392 g/mol. The zero-order chi connectivity index (χ0) is 20.4. The molecule has 1 heterocycles. The van der Waals surface area contributed by atoms with Crippen molar-refractivity contribution in [3.63, 3.8) is 0 Å². The number of carbonyl (C=O) groups is 2. The van der Waals surface area contributed by atoms with Gasteiger partial charge in [-0.2, -0.15) is 10.2 Å². The van der Waals surface area contributed by atoms with Crippen LogP contribution in [0, 0.1) is 0 Å². The van der Waals surface area contributed by atoms with Crippen molar-refractivity contribution in [2.45, 2.75) is 6.04 Å². The molecule has 0 fully saturated rings. The lowest BCUT2D eigenvalue weighted by atomic mass is 10.0. The molecule has 148 valence electrons. The normalized spacial score (nSPS) is 16.8. The van der Waals surface area contributed by atoms with E-state index in [1.54, 1.807) is 19.2 Å². The molecule has 1 aliphatic carbocycles. The summed E-state index contributed by atoms with van der Waals surface area (Å²) < 4.78 is 5.18. The van der Waals surface area contributed by atoms with Crippen LogP contribution >= 0.6 is 0 Å². The Labute approximate surface area is 167 Å². The number of nitrogens with zero attached hydrogens (tertiary/aromatic N) is 2. The lowest BCUT2D eigenvalue weighted by molar-refractivity contribution is -0.115. The molecule has 1 aliphatic heterocycles. The number of nitrogens with one attached hydrogen (secondary N) is 2. The SMILES string of the molecule is COc1ccc(C2=C3C(=O)c4c(NC(=O)CNCCO)cccc4C3N=N2)cc1. The first-order chi connectivity index (χ1) is 14.1. The molecule has 1 unspecified atom stereocenters. The number of fused-ring (bicyclic) bond motifs is 3. The quantitative estimate of drug-likeness (QED) is 0.626. The number of anilines is 1. The second-order valence-electron chi connectivity index (χ2n) is 6.66. The van der Waals surface area contributed by atoms with Crippen molar-refractivity contribution in [1.82, 2.24) is 5.32 Å². The molecule has 0 saturated heterocycles. The third kappa shape index (κ3) is 3.43. The van der Waals surface area contributed by atoms with Gasteiger partial charge in [0.25, 0.3) is 0 Å². The van der Waals surface area contributed by atoms with E-state index in [4.69, 9.17) is 9.84 Å². The number of Topliss-reactive ketones (excluding diaryl/α,β-unsaturated/α-hetero) is 1. The molecule has 4 rings (SSSR count). The van der Waals surface area contributed by atoms with Crippen molar-refractivity contribution in [2.75, 3.05) is 32.1 Å². The van der Waals surface area contributed by atoms with E-state index in [1.165, 1.54) is 0 Å². The lowest BCUT2D eigenvalue weighted by Gasteiger charge is -2.10. The van der Waals surface area contributed by atoms with Crippen LogP contribution in [0.15, 0.2) is 58.3 Å². The number of benzene rings is 2. The van der Waals surface area contributed by atoms with E-state index in [9.17, 15) is 9.59 Å². The molecule has 2 aromatic rings. The van der Waals surface area contributed by atoms with Gasteiger partial charge in [0.15, 0.2) is 5.78 Å². The highest BCUT2D eigenvalue weighted by Crippen LogP contribution is 2.48. The number of aliphatic hydroxyl groups is 1. The minimum absolute atomic E-state index is 0.0430. The van der Waals surface area contributed by atoms with Crippen LogP contribution in [0.5, 0.6) is 5.75 Å². The molecule has 8 nitrogen and oxygen atoms in total. The van der Waals surface area contributed by atoms with Gasteiger partial charge in [0.05, 0.1) is 37.1 Å². The van der Waals surface area contributed by atoms with E-state index in [1.807, 2.05) is 30.3 Å². The van der Waals surface area contributed by atoms with E-state index in [2.05, 4.69) is 20.9 Å². The zero-order valence-corrected chi connectivity index (χ0v) is 15.8. The zero-order valence-electron chi connectivity index (χ0n) is 15.8. The maximum atomic E-state index is 13.2. The average Bonchev–Trinajstić information content (AvgIpc) is 3.29. The molecule has 3 N–H and O–H groups in total. The van der Waals surface area contributed by atoms with Crippen LogP contribution in [0.4, 0.5) is 5.69 Å². The first kappa shape index (κ1) is 19.0. The van der Waals surface area contributed by atoms with Crippen LogP contribution in [0.25, 0.3) is 5.70 Å². The first-order valence-electron chi connectivity index (χ1n) is 9.22. The summed E-state index contributed by atoms with van der Waals surface area (Å²) in [7, 11) is 1.59. The highest BCUT2D eigenvalue weighted by atomic mass is 16.5. The van der Waals surface area contributed by atoms with Crippen molar-refractivity contribution in [3.8, 4) is 5.75 Å². The minimum atomic E-state index is -0.459. The number of methoxy groups -OCH3 is 1. The molecule has 0 spiro atoms. The van der Waals surface area contributed by atoms with E-state index >= 15 is 0 Å². The predicted molar refractivity (Wildman–Crippen MR) is 107 cm³/mol. The van der Waals surface area contributed by atoms with Gasteiger partial charge < -0.3 is 20.5 Å². The summed E-state index contributed by atoms with van der Waals surface area (Å²) in [5.74, 6) is 0.245. The van der Waals surface area contributed by atoms with Crippen LogP contribution in [0.1, 0.15) is 27.5 Å². The van der Waals surface area contributed by atoms with E-state index < -0.39 is 6.04 Å². The van der Waals surface area contributed by atoms with Crippen molar-refractivity contribution in [3.05, 3.63) is 64.7 Å². The van der Waals surface area contributed by atoms with Gasteiger partial charge in [0.2, 0.25) is 5.91 Å². The molecule has 0 radical (unpaired) electrons. The van der Waals surface area contributed by atoms with Crippen LogP contribution in [-0.4, -0.2) is 43.6 Å². The van der Waals surface area contributed by atoms with Gasteiger partial charge in [-0.15, -0.1) is 0 Å². The Balaban J connectivity index is 1.65. The van der Waals surface area contributed by atoms with Crippen molar-refractivity contribution < 1.29 is 19.4 Å². The summed E-state index contributed by atoms with van der Waals surface area (Å²) in [6, 6.07) is 12.2. The topological polar surface area (TPSA) is 112 Å². The Kier molecular flexibility index (Phi) is 5.20. The van der Waals surface area contributed by atoms with E-state index in [-0.39, 0.29) is 24.8 Å². The molecule has 0 saturated carbocycles. The van der Waals surface area contributed by atoms with Crippen LogP contribution in [0.2, 0.25) is 0 Å². The number of rotatable bonds is 7. The summed E-state index contributed by atoms with van der Waals surface area (Å²) in [5, 5.41) is 23.0. The van der Waals surface area contributed by atoms with Crippen molar-refractivity contribution in [1.29, 1.82) is 0 Å². The standard InChI is InChI=1S/C21H20N4O4/c1-29-13-7-5-12(6-8-13)19-18-20(25-24-19)14-3-2-4-15(17(14)21(18)28)23-16(27)11-22-9-10-26/h2-8,20,22,26H,9-11H2,1H3,(H,23,27). The molecule has 8 heteroatoms. The fraction of sp³-hybridized carbons (Fsp3) is 0.238. The van der Waals surface area contributed by atoms with Gasteiger partial charge in [-0.1, -0.05) is 12.1 Å². The summed E-state index contributed by atoms with van der Waals surface area (Å²) in [5.41, 5.74) is 3.48. The Hall–Kier alpha value is -3.36. The number of carbonyl (C=O) groups excluding carboxylic acids is 2. The Morgan fingerprint density at radius 2 is 2.00 bits per heavy atom. The number of hydrogen-bond acceptors (Lipinski definition) is 7. The van der Waals surface area contributed by atoms with Crippen LogP contribution < -0.4 is 15.4 Å². The highest BCUT2D eigenvalue weighted by molar-refractivity contribution is 6.22. The molecular weight excluding hydrogens is 372 g/mol.